The largest absolute Gasteiger partial charge is 0.388 e. The van der Waals surface area contributed by atoms with Crippen molar-refractivity contribution >= 4 is 0 Å². The second-order valence-corrected chi connectivity index (χ2v) is 3.20. The highest BCUT2D eigenvalue weighted by Crippen LogP contribution is 2.32. The van der Waals surface area contributed by atoms with Crippen molar-refractivity contribution in [3.63, 3.8) is 0 Å². The van der Waals surface area contributed by atoms with Crippen LogP contribution in [0, 0.1) is 6.92 Å². The summed E-state index contributed by atoms with van der Waals surface area (Å²) in [5.41, 5.74) is 3.73. The molecule has 0 aliphatic heterocycles. The fourth-order valence-electron chi connectivity index (χ4n) is 1.87. The van der Waals surface area contributed by atoms with E-state index in [1.54, 1.807) is 0 Å². The van der Waals surface area contributed by atoms with Crippen molar-refractivity contribution in [3.8, 4) is 0 Å². The highest BCUT2D eigenvalue weighted by molar-refractivity contribution is 5.39. The number of aliphatic hydroxyl groups is 1. The molecular weight excluding hydrogens is 136 g/mol. The molecule has 0 saturated carbocycles. The van der Waals surface area contributed by atoms with Crippen LogP contribution in [-0.2, 0) is 6.42 Å². The summed E-state index contributed by atoms with van der Waals surface area (Å²) in [6.45, 7) is 2.06. The standard InChI is InChI=1S/C10H12O/c1-7-3-2-4-8-5-6-9(11)10(7)8/h2-4,9,11H,5-6H2,1H3. The van der Waals surface area contributed by atoms with Gasteiger partial charge in [-0.15, -0.1) is 0 Å². The highest BCUT2D eigenvalue weighted by Gasteiger charge is 2.20. The van der Waals surface area contributed by atoms with Crippen molar-refractivity contribution < 1.29 is 5.11 Å². The first-order chi connectivity index (χ1) is 5.29. The van der Waals surface area contributed by atoms with Gasteiger partial charge in [-0.25, -0.2) is 0 Å². The Balaban J connectivity index is 2.58. The molecule has 2 rings (SSSR count). The van der Waals surface area contributed by atoms with E-state index in [2.05, 4.69) is 25.1 Å². The quantitative estimate of drug-likeness (QED) is 0.596. The van der Waals surface area contributed by atoms with Crippen LogP contribution >= 0.6 is 0 Å². The van der Waals surface area contributed by atoms with E-state index in [4.69, 9.17) is 0 Å². The van der Waals surface area contributed by atoms with Gasteiger partial charge in [0.2, 0.25) is 0 Å². The lowest BCUT2D eigenvalue weighted by Gasteiger charge is -2.06. The van der Waals surface area contributed by atoms with E-state index >= 15 is 0 Å². The number of aliphatic hydroxyl groups excluding tert-OH is 1. The zero-order valence-corrected chi connectivity index (χ0v) is 6.67. The Morgan fingerprint density at radius 1 is 1.45 bits per heavy atom. The van der Waals surface area contributed by atoms with Gasteiger partial charge in [0.05, 0.1) is 6.10 Å². The van der Waals surface area contributed by atoms with Gasteiger partial charge in [0.25, 0.3) is 0 Å². The van der Waals surface area contributed by atoms with E-state index in [9.17, 15) is 5.11 Å². The second-order valence-electron chi connectivity index (χ2n) is 3.20. The van der Waals surface area contributed by atoms with Crippen LogP contribution in [0.4, 0.5) is 0 Å². The lowest BCUT2D eigenvalue weighted by Crippen LogP contribution is -1.93. The van der Waals surface area contributed by atoms with Gasteiger partial charge in [-0.2, -0.15) is 0 Å². The summed E-state index contributed by atoms with van der Waals surface area (Å²) in [5.74, 6) is 0. The van der Waals surface area contributed by atoms with E-state index in [1.807, 2.05) is 0 Å². The molecule has 0 heterocycles. The number of aryl methyl sites for hydroxylation is 2. The van der Waals surface area contributed by atoms with E-state index < -0.39 is 0 Å². The molecule has 1 aliphatic carbocycles. The summed E-state index contributed by atoms with van der Waals surface area (Å²) in [7, 11) is 0. The molecule has 0 aromatic heterocycles. The maximum Gasteiger partial charge on any atom is 0.0798 e. The average molecular weight is 148 g/mol. The molecule has 1 aromatic rings. The summed E-state index contributed by atoms with van der Waals surface area (Å²) in [5, 5.41) is 9.56. The van der Waals surface area contributed by atoms with Crippen molar-refractivity contribution in [2.45, 2.75) is 25.9 Å². The molecule has 1 aromatic carbocycles. The molecule has 0 amide bonds. The Morgan fingerprint density at radius 2 is 2.27 bits per heavy atom. The summed E-state index contributed by atoms with van der Waals surface area (Å²) in [6.07, 6.45) is 1.74. The smallest absolute Gasteiger partial charge is 0.0798 e. The molecule has 0 bridgehead atoms. The fraction of sp³-hybridized carbons (Fsp3) is 0.400. The van der Waals surface area contributed by atoms with Crippen LogP contribution in [0.5, 0.6) is 0 Å². The molecule has 11 heavy (non-hydrogen) atoms. The Kier molecular flexibility index (Phi) is 1.46. The average Bonchev–Trinajstić information content (AvgIpc) is 2.34. The number of fused-ring (bicyclic) bond motifs is 1. The number of hydrogen-bond donors (Lipinski definition) is 1. The molecule has 0 saturated heterocycles. The SMILES string of the molecule is Cc1cccc2c1C(O)CC2. The summed E-state index contributed by atoms with van der Waals surface area (Å²) >= 11 is 0. The van der Waals surface area contributed by atoms with E-state index in [-0.39, 0.29) is 6.10 Å². The third-order valence-corrected chi connectivity index (χ3v) is 2.43. The number of benzene rings is 1. The van der Waals surface area contributed by atoms with E-state index in [1.165, 1.54) is 16.7 Å². The van der Waals surface area contributed by atoms with Crippen LogP contribution in [0.3, 0.4) is 0 Å². The summed E-state index contributed by atoms with van der Waals surface area (Å²) < 4.78 is 0. The first-order valence-electron chi connectivity index (χ1n) is 4.05. The summed E-state index contributed by atoms with van der Waals surface area (Å²) in [6, 6.07) is 6.23. The van der Waals surface area contributed by atoms with E-state index in [0.29, 0.717) is 0 Å². The van der Waals surface area contributed by atoms with Gasteiger partial charge in [0.1, 0.15) is 0 Å². The molecule has 1 unspecified atom stereocenters. The first kappa shape index (κ1) is 6.86. The van der Waals surface area contributed by atoms with Gasteiger partial charge >= 0.3 is 0 Å². The van der Waals surface area contributed by atoms with Crippen LogP contribution in [0.25, 0.3) is 0 Å². The van der Waals surface area contributed by atoms with Gasteiger partial charge in [-0.1, -0.05) is 18.2 Å². The van der Waals surface area contributed by atoms with Gasteiger partial charge in [-0.05, 0) is 36.5 Å². The van der Waals surface area contributed by atoms with Crippen molar-refractivity contribution in [2.24, 2.45) is 0 Å². The van der Waals surface area contributed by atoms with Crippen LogP contribution in [0.2, 0.25) is 0 Å². The maximum absolute atomic E-state index is 9.56. The lowest BCUT2D eigenvalue weighted by molar-refractivity contribution is 0.179. The minimum atomic E-state index is -0.203. The Morgan fingerprint density at radius 3 is 3.00 bits per heavy atom. The molecule has 1 nitrogen and oxygen atoms in total. The predicted octanol–water partition coefficient (Wildman–Crippen LogP) is 1.97. The Bertz CT molecular complexity index is 278. The van der Waals surface area contributed by atoms with Crippen molar-refractivity contribution in [1.29, 1.82) is 0 Å². The van der Waals surface area contributed by atoms with Crippen LogP contribution in [0.1, 0.15) is 29.2 Å². The third kappa shape index (κ3) is 0.962. The molecule has 0 radical (unpaired) electrons. The van der Waals surface area contributed by atoms with Gasteiger partial charge < -0.3 is 5.11 Å². The zero-order chi connectivity index (χ0) is 7.84. The monoisotopic (exact) mass is 148 g/mol. The van der Waals surface area contributed by atoms with Crippen LogP contribution < -0.4 is 0 Å². The molecule has 1 heteroatoms. The minimum Gasteiger partial charge on any atom is -0.388 e. The first-order valence-corrected chi connectivity index (χ1v) is 4.05. The van der Waals surface area contributed by atoms with E-state index in [0.717, 1.165) is 12.8 Å². The minimum absolute atomic E-state index is 0.203. The van der Waals surface area contributed by atoms with Gasteiger partial charge in [0, 0.05) is 0 Å². The lowest BCUT2D eigenvalue weighted by atomic mass is 10.0. The molecule has 0 fully saturated rings. The summed E-state index contributed by atoms with van der Waals surface area (Å²) in [4.78, 5) is 0. The van der Waals surface area contributed by atoms with Gasteiger partial charge in [-0.3, -0.25) is 0 Å². The van der Waals surface area contributed by atoms with Crippen molar-refractivity contribution in [3.05, 3.63) is 34.9 Å². The zero-order valence-electron chi connectivity index (χ0n) is 6.67. The maximum atomic E-state index is 9.56. The third-order valence-electron chi connectivity index (χ3n) is 2.43. The highest BCUT2D eigenvalue weighted by atomic mass is 16.3. The molecule has 1 atom stereocenters. The van der Waals surface area contributed by atoms with Gasteiger partial charge in [0.15, 0.2) is 0 Å². The van der Waals surface area contributed by atoms with Crippen molar-refractivity contribution in [1.82, 2.24) is 0 Å². The number of rotatable bonds is 0. The van der Waals surface area contributed by atoms with Crippen LogP contribution in [0.15, 0.2) is 18.2 Å². The second kappa shape index (κ2) is 2.35. The topological polar surface area (TPSA) is 20.2 Å². The molecule has 1 aliphatic rings. The molecule has 58 valence electrons. The Labute approximate surface area is 66.7 Å². The molecule has 0 spiro atoms. The Hall–Kier alpha value is -0.820. The molecular formula is C10H12O. The molecule has 1 N–H and O–H groups in total. The number of hydrogen-bond acceptors (Lipinski definition) is 1. The normalized spacial score (nSPS) is 21.8. The van der Waals surface area contributed by atoms with Crippen LogP contribution in [-0.4, -0.2) is 5.11 Å². The fourth-order valence-corrected chi connectivity index (χ4v) is 1.87. The predicted molar refractivity (Wildman–Crippen MR) is 44.5 cm³/mol. The van der Waals surface area contributed by atoms with Crippen molar-refractivity contribution in [2.75, 3.05) is 0 Å².